The van der Waals surface area contributed by atoms with Crippen LogP contribution in [-0.2, 0) is 4.74 Å². The van der Waals surface area contributed by atoms with Gasteiger partial charge in [0.05, 0.1) is 24.3 Å². The molecule has 0 bridgehead atoms. The van der Waals surface area contributed by atoms with E-state index in [1.165, 1.54) is 0 Å². The van der Waals surface area contributed by atoms with E-state index in [-0.39, 0.29) is 17.8 Å². The Balaban J connectivity index is 1.83. The Morgan fingerprint density at radius 1 is 1.08 bits per heavy atom. The van der Waals surface area contributed by atoms with Crippen molar-refractivity contribution in [2.75, 3.05) is 14.2 Å². The molecule has 136 valence electrons. The van der Waals surface area contributed by atoms with E-state index < -0.39 is 0 Å². The van der Waals surface area contributed by atoms with Gasteiger partial charge in [-0.1, -0.05) is 30.3 Å². The highest BCUT2D eigenvalue weighted by Crippen LogP contribution is 2.52. The van der Waals surface area contributed by atoms with Gasteiger partial charge < -0.3 is 18.9 Å². The molecule has 0 spiro atoms. The second-order valence-corrected chi connectivity index (χ2v) is 7.25. The second kappa shape index (κ2) is 6.36. The largest absolute Gasteiger partial charge is 0.495 e. The third kappa shape index (κ3) is 2.84. The lowest BCUT2D eigenvalue weighted by atomic mass is 9.91. The normalized spacial score (nSPS) is 22.6. The molecule has 26 heavy (non-hydrogen) atoms. The van der Waals surface area contributed by atoms with Crippen LogP contribution in [0.3, 0.4) is 0 Å². The highest BCUT2D eigenvalue weighted by molar-refractivity contribution is 5.72. The molecule has 4 heteroatoms. The predicted octanol–water partition coefficient (Wildman–Crippen LogP) is 5.09. The van der Waals surface area contributed by atoms with Crippen molar-refractivity contribution in [1.82, 2.24) is 0 Å². The van der Waals surface area contributed by atoms with Crippen molar-refractivity contribution in [2.45, 2.75) is 38.1 Å². The Morgan fingerprint density at radius 3 is 2.54 bits per heavy atom. The fourth-order valence-electron chi connectivity index (χ4n) is 3.71. The fourth-order valence-corrected chi connectivity index (χ4v) is 3.71. The molecule has 0 saturated heterocycles. The van der Waals surface area contributed by atoms with Crippen molar-refractivity contribution < 1.29 is 18.9 Å². The predicted molar refractivity (Wildman–Crippen MR) is 101 cm³/mol. The Bertz CT molecular complexity index is 839. The van der Waals surface area contributed by atoms with Gasteiger partial charge in [0.15, 0.2) is 0 Å². The van der Waals surface area contributed by atoms with Crippen LogP contribution in [-0.4, -0.2) is 19.8 Å². The lowest BCUT2D eigenvalue weighted by molar-refractivity contribution is 0.0275. The van der Waals surface area contributed by atoms with Crippen LogP contribution in [0.4, 0.5) is 0 Å². The van der Waals surface area contributed by atoms with Gasteiger partial charge in [-0.25, -0.2) is 0 Å². The summed E-state index contributed by atoms with van der Waals surface area (Å²) in [6.07, 6.45) is 4.67. The molecule has 4 nitrogen and oxygen atoms in total. The fraction of sp³-hybridized carbons (Fsp3) is 0.364. The van der Waals surface area contributed by atoms with Crippen molar-refractivity contribution in [3.05, 3.63) is 59.2 Å². The zero-order valence-electron chi connectivity index (χ0n) is 15.6. The minimum absolute atomic E-state index is 0.0662. The Morgan fingerprint density at radius 2 is 1.85 bits per heavy atom. The van der Waals surface area contributed by atoms with Crippen molar-refractivity contribution in [3.63, 3.8) is 0 Å². The molecule has 0 fully saturated rings. The molecule has 2 aliphatic heterocycles. The Hall–Kier alpha value is -2.46. The second-order valence-electron chi connectivity index (χ2n) is 7.25. The van der Waals surface area contributed by atoms with Crippen LogP contribution in [0.15, 0.2) is 42.5 Å². The SMILES string of the molecule is COc1c2c(cc3c1C(OC)CC(c1ccccc1)O3)OC(C)(C)C=C2. The first-order valence-corrected chi connectivity index (χ1v) is 8.90. The highest BCUT2D eigenvalue weighted by Gasteiger charge is 2.36. The van der Waals surface area contributed by atoms with Crippen molar-refractivity contribution in [2.24, 2.45) is 0 Å². The molecule has 4 rings (SSSR count). The van der Waals surface area contributed by atoms with Gasteiger partial charge in [-0.15, -0.1) is 0 Å². The topological polar surface area (TPSA) is 36.9 Å². The molecular weight excluding hydrogens is 328 g/mol. The first-order chi connectivity index (χ1) is 12.5. The molecule has 2 aromatic carbocycles. The zero-order valence-corrected chi connectivity index (χ0v) is 15.6. The van der Waals surface area contributed by atoms with E-state index in [2.05, 4.69) is 18.2 Å². The van der Waals surface area contributed by atoms with Gasteiger partial charge in [0, 0.05) is 19.6 Å². The lowest BCUT2D eigenvalue weighted by Crippen LogP contribution is -2.28. The first-order valence-electron chi connectivity index (χ1n) is 8.90. The molecule has 2 unspecified atom stereocenters. The van der Waals surface area contributed by atoms with E-state index in [0.29, 0.717) is 0 Å². The van der Waals surface area contributed by atoms with Crippen LogP contribution in [0.2, 0.25) is 0 Å². The number of fused-ring (bicyclic) bond motifs is 2. The molecule has 0 radical (unpaired) electrons. The summed E-state index contributed by atoms with van der Waals surface area (Å²) in [4.78, 5) is 0. The van der Waals surface area contributed by atoms with E-state index in [4.69, 9.17) is 18.9 Å². The number of hydrogen-bond donors (Lipinski definition) is 0. The molecule has 0 N–H and O–H groups in total. The van der Waals surface area contributed by atoms with Crippen LogP contribution in [0.1, 0.15) is 49.2 Å². The molecule has 2 heterocycles. The van der Waals surface area contributed by atoms with E-state index in [0.717, 1.165) is 40.4 Å². The van der Waals surface area contributed by atoms with Crippen molar-refractivity contribution >= 4 is 6.08 Å². The smallest absolute Gasteiger partial charge is 0.139 e. The third-order valence-electron chi connectivity index (χ3n) is 4.99. The maximum atomic E-state index is 6.36. The van der Waals surface area contributed by atoms with Gasteiger partial charge in [0.2, 0.25) is 0 Å². The van der Waals surface area contributed by atoms with Crippen LogP contribution in [0.25, 0.3) is 6.08 Å². The van der Waals surface area contributed by atoms with Crippen LogP contribution in [0, 0.1) is 0 Å². The maximum Gasteiger partial charge on any atom is 0.139 e. The molecule has 2 aliphatic rings. The van der Waals surface area contributed by atoms with E-state index >= 15 is 0 Å². The van der Waals surface area contributed by atoms with E-state index in [9.17, 15) is 0 Å². The number of rotatable bonds is 3. The van der Waals surface area contributed by atoms with Crippen LogP contribution >= 0.6 is 0 Å². The third-order valence-corrected chi connectivity index (χ3v) is 4.99. The molecule has 0 aliphatic carbocycles. The summed E-state index contributed by atoms with van der Waals surface area (Å²) in [6, 6.07) is 12.2. The molecule has 0 amide bonds. The summed E-state index contributed by atoms with van der Waals surface area (Å²) in [5.41, 5.74) is 2.67. The Kier molecular flexibility index (Phi) is 4.16. The number of ether oxygens (including phenoxy) is 4. The van der Waals surface area contributed by atoms with Crippen molar-refractivity contribution in [3.8, 4) is 17.2 Å². The molecule has 2 atom stereocenters. The molecule has 0 saturated carbocycles. The van der Waals surface area contributed by atoms with Crippen molar-refractivity contribution in [1.29, 1.82) is 0 Å². The molecule has 0 aromatic heterocycles. The van der Waals surface area contributed by atoms with E-state index in [1.807, 2.05) is 44.2 Å². The number of benzene rings is 2. The minimum atomic E-state index is -0.361. The number of hydrogen-bond acceptors (Lipinski definition) is 4. The minimum Gasteiger partial charge on any atom is -0.495 e. The van der Waals surface area contributed by atoms with Gasteiger partial charge in [-0.05, 0) is 31.6 Å². The Labute approximate surface area is 154 Å². The maximum absolute atomic E-state index is 6.36. The standard InChI is InChI=1S/C22H24O4/c1-22(2)11-10-15-17(26-22)13-19-20(21(15)24-4)18(23-3)12-16(25-19)14-8-6-5-7-9-14/h5-11,13,16,18H,12H2,1-4H3. The average Bonchev–Trinajstić information content (AvgIpc) is 2.65. The monoisotopic (exact) mass is 352 g/mol. The molecular formula is C22H24O4. The zero-order chi connectivity index (χ0) is 18.3. The summed E-state index contributed by atoms with van der Waals surface area (Å²) in [7, 11) is 3.41. The summed E-state index contributed by atoms with van der Waals surface area (Å²) >= 11 is 0. The average molecular weight is 352 g/mol. The van der Waals surface area contributed by atoms with Gasteiger partial charge in [-0.3, -0.25) is 0 Å². The van der Waals surface area contributed by atoms with Gasteiger partial charge >= 0.3 is 0 Å². The van der Waals surface area contributed by atoms with Crippen LogP contribution in [0.5, 0.6) is 17.2 Å². The van der Waals surface area contributed by atoms with Crippen LogP contribution < -0.4 is 14.2 Å². The summed E-state index contributed by atoms with van der Waals surface area (Å²) in [6.45, 7) is 4.06. The number of methoxy groups -OCH3 is 2. The van der Waals surface area contributed by atoms with Gasteiger partial charge in [0.25, 0.3) is 0 Å². The van der Waals surface area contributed by atoms with E-state index in [1.54, 1.807) is 14.2 Å². The summed E-state index contributed by atoms with van der Waals surface area (Å²) in [5.74, 6) is 2.30. The summed E-state index contributed by atoms with van der Waals surface area (Å²) < 4.78 is 24.1. The lowest BCUT2D eigenvalue weighted by Gasteiger charge is -2.36. The van der Waals surface area contributed by atoms with Gasteiger partial charge in [-0.2, -0.15) is 0 Å². The quantitative estimate of drug-likeness (QED) is 0.771. The summed E-state index contributed by atoms with van der Waals surface area (Å²) in [5, 5.41) is 0. The molecule has 2 aromatic rings. The highest BCUT2D eigenvalue weighted by atomic mass is 16.5. The van der Waals surface area contributed by atoms with Gasteiger partial charge in [0.1, 0.15) is 29.0 Å². The first kappa shape index (κ1) is 17.0.